The van der Waals surface area contributed by atoms with E-state index in [1.165, 1.54) is 48.8 Å². The monoisotopic (exact) mass is 324 g/mol. The van der Waals surface area contributed by atoms with Crippen molar-refractivity contribution >= 4 is 15.9 Å². The molecule has 0 bridgehead atoms. The van der Waals surface area contributed by atoms with Crippen molar-refractivity contribution < 1.29 is 4.74 Å². The van der Waals surface area contributed by atoms with E-state index in [9.17, 15) is 0 Å². The van der Waals surface area contributed by atoms with E-state index in [0.29, 0.717) is 10.9 Å². The van der Waals surface area contributed by atoms with Crippen LogP contribution in [0.15, 0.2) is 18.2 Å². The molecular formula is C17H25BrO. The highest BCUT2D eigenvalue weighted by Gasteiger charge is 2.16. The predicted octanol–water partition coefficient (Wildman–Crippen LogP) is 4.96. The Balaban J connectivity index is 1.80. The minimum absolute atomic E-state index is 0.507. The van der Waals surface area contributed by atoms with E-state index in [2.05, 4.69) is 48.0 Å². The second-order valence-corrected chi connectivity index (χ2v) is 7.09. The lowest BCUT2D eigenvalue weighted by Crippen LogP contribution is -2.20. The lowest BCUT2D eigenvalue weighted by atomic mass is 9.98. The van der Waals surface area contributed by atoms with Crippen LogP contribution in [-0.2, 0) is 11.2 Å². The number of benzene rings is 1. The van der Waals surface area contributed by atoms with Crippen LogP contribution in [0.4, 0.5) is 0 Å². The summed E-state index contributed by atoms with van der Waals surface area (Å²) in [6, 6.07) is 6.74. The fourth-order valence-corrected chi connectivity index (χ4v) is 3.38. The van der Waals surface area contributed by atoms with Gasteiger partial charge in [0.05, 0.1) is 6.10 Å². The predicted molar refractivity (Wildman–Crippen MR) is 85.2 cm³/mol. The standard InChI is InChI=1S/C17H25BrO/c1-13-6-7-14(2)15(11-13)12-16(18)8-9-17-5-3-4-10-19-17/h6-7,11,16-17H,3-5,8-10,12H2,1-2H3. The molecule has 1 aromatic rings. The number of rotatable bonds is 5. The summed E-state index contributed by atoms with van der Waals surface area (Å²) in [4.78, 5) is 0.568. The lowest BCUT2D eigenvalue weighted by Gasteiger charge is -2.23. The molecule has 0 spiro atoms. The zero-order chi connectivity index (χ0) is 13.7. The normalized spacial score (nSPS) is 21.3. The van der Waals surface area contributed by atoms with Crippen LogP contribution in [0.3, 0.4) is 0 Å². The Bertz CT molecular complexity index is 396. The lowest BCUT2D eigenvalue weighted by molar-refractivity contribution is 0.0102. The maximum absolute atomic E-state index is 5.80. The highest BCUT2D eigenvalue weighted by Crippen LogP contribution is 2.23. The van der Waals surface area contributed by atoms with Gasteiger partial charge in [-0.2, -0.15) is 0 Å². The molecule has 0 radical (unpaired) electrons. The average Bonchev–Trinajstić information content (AvgIpc) is 2.42. The first-order valence-corrected chi connectivity index (χ1v) is 8.38. The van der Waals surface area contributed by atoms with Gasteiger partial charge in [0.15, 0.2) is 0 Å². The molecule has 1 nitrogen and oxygen atoms in total. The zero-order valence-electron chi connectivity index (χ0n) is 12.1. The number of halogens is 1. The molecule has 1 aliphatic rings. The van der Waals surface area contributed by atoms with Crippen LogP contribution in [0.5, 0.6) is 0 Å². The van der Waals surface area contributed by atoms with Crippen molar-refractivity contribution in [2.24, 2.45) is 0 Å². The first kappa shape index (κ1) is 15.1. The van der Waals surface area contributed by atoms with Crippen molar-refractivity contribution in [3.05, 3.63) is 34.9 Å². The van der Waals surface area contributed by atoms with Crippen molar-refractivity contribution in [2.45, 2.75) is 63.3 Å². The van der Waals surface area contributed by atoms with Gasteiger partial charge in [0.1, 0.15) is 0 Å². The van der Waals surface area contributed by atoms with Gasteiger partial charge in [-0.3, -0.25) is 0 Å². The van der Waals surface area contributed by atoms with Gasteiger partial charge in [-0.25, -0.2) is 0 Å². The Hall–Kier alpha value is -0.340. The van der Waals surface area contributed by atoms with E-state index in [4.69, 9.17) is 4.74 Å². The Morgan fingerprint density at radius 3 is 2.89 bits per heavy atom. The van der Waals surface area contributed by atoms with E-state index in [1.807, 2.05) is 0 Å². The summed E-state index contributed by atoms with van der Waals surface area (Å²) in [6.45, 7) is 5.34. The van der Waals surface area contributed by atoms with E-state index < -0.39 is 0 Å². The topological polar surface area (TPSA) is 9.23 Å². The molecule has 1 aromatic carbocycles. The first-order valence-electron chi connectivity index (χ1n) is 7.47. The van der Waals surface area contributed by atoms with E-state index in [-0.39, 0.29) is 0 Å². The molecular weight excluding hydrogens is 300 g/mol. The molecule has 2 heteroatoms. The van der Waals surface area contributed by atoms with Crippen LogP contribution < -0.4 is 0 Å². The minimum Gasteiger partial charge on any atom is -0.378 e. The van der Waals surface area contributed by atoms with Crippen molar-refractivity contribution in [3.63, 3.8) is 0 Å². The third-order valence-electron chi connectivity index (χ3n) is 4.02. The molecule has 2 unspecified atom stereocenters. The minimum atomic E-state index is 0.507. The Labute approximate surface area is 125 Å². The van der Waals surface area contributed by atoms with Crippen LogP contribution in [0.25, 0.3) is 0 Å². The molecule has 0 amide bonds. The van der Waals surface area contributed by atoms with Crippen LogP contribution in [0.1, 0.15) is 48.8 Å². The van der Waals surface area contributed by atoms with Crippen LogP contribution in [-0.4, -0.2) is 17.5 Å². The maximum Gasteiger partial charge on any atom is 0.0575 e. The van der Waals surface area contributed by atoms with E-state index >= 15 is 0 Å². The van der Waals surface area contributed by atoms with Gasteiger partial charge in [-0.15, -0.1) is 0 Å². The summed E-state index contributed by atoms with van der Waals surface area (Å²) in [5.41, 5.74) is 4.24. The molecule has 19 heavy (non-hydrogen) atoms. The summed E-state index contributed by atoms with van der Waals surface area (Å²) in [6.07, 6.45) is 7.88. The molecule has 0 saturated carbocycles. The molecule has 1 saturated heterocycles. The second kappa shape index (κ2) is 7.44. The van der Waals surface area contributed by atoms with Crippen molar-refractivity contribution in [3.8, 4) is 0 Å². The van der Waals surface area contributed by atoms with Crippen molar-refractivity contribution in [2.75, 3.05) is 6.61 Å². The van der Waals surface area contributed by atoms with Gasteiger partial charge in [-0.05, 0) is 63.5 Å². The molecule has 106 valence electrons. The van der Waals surface area contributed by atoms with Gasteiger partial charge in [0.2, 0.25) is 0 Å². The number of hydrogen-bond donors (Lipinski definition) is 0. The highest BCUT2D eigenvalue weighted by molar-refractivity contribution is 9.09. The summed E-state index contributed by atoms with van der Waals surface area (Å²) in [7, 11) is 0. The maximum atomic E-state index is 5.80. The quantitative estimate of drug-likeness (QED) is 0.695. The SMILES string of the molecule is Cc1ccc(C)c(CC(Br)CCC2CCCCO2)c1. The van der Waals surface area contributed by atoms with Gasteiger partial charge < -0.3 is 4.74 Å². The van der Waals surface area contributed by atoms with Gasteiger partial charge in [0, 0.05) is 11.4 Å². The average molecular weight is 325 g/mol. The molecule has 1 heterocycles. The molecule has 1 aliphatic heterocycles. The van der Waals surface area contributed by atoms with Crippen molar-refractivity contribution in [1.82, 2.24) is 0 Å². The molecule has 0 aromatic heterocycles. The smallest absolute Gasteiger partial charge is 0.0575 e. The van der Waals surface area contributed by atoms with Gasteiger partial charge in [0.25, 0.3) is 0 Å². The van der Waals surface area contributed by atoms with Crippen LogP contribution in [0.2, 0.25) is 0 Å². The summed E-state index contributed by atoms with van der Waals surface area (Å²) < 4.78 is 5.80. The molecule has 1 fully saturated rings. The summed E-state index contributed by atoms with van der Waals surface area (Å²) >= 11 is 3.84. The van der Waals surface area contributed by atoms with E-state index in [1.54, 1.807) is 0 Å². The molecule has 0 aliphatic carbocycles. The van der Waals surface area contributed by atoms with Gasteiger partial charge >= 0.3 is 0 Å². The van der Waals surface area contributed by atoms with Crippen LogP contribution in [0, 0.1) is 13.8 Å². The number of ether oxygens (including phenoxy) is 1. The summed E-state index contributed by atoms with van der Waals surface area (Å²) in [5, 5.41) is 0. The molecule has 2 rings (SSSR count). The fourth-order valence-electron chi connectivity index (χ4n) is 2.76. The number of hydrogen-bond acceptors (Lipinski definition) is 1. The molecule has 2 atom stereocenters. The largest absolute Gasteiger partial charge is 0.378 e. The van der Waals surface area contributed by atoms with Gasteiger partial charge in [-0.1, -0.05) is 39.7 Å². The molecule has 0 N–H and O–H groups in total. The fraction of sp³-hybridized carbons (Fsp3) is 0.647. The zero-order valence-corrected chi connectivity index (χ0v) is 13.7. The number of aryl methyl sites for hydroxylation is 2. The Morgan fingerprint density at radius 2 is 2.16 bits per heavy atom. The number of alkyl halides is 1. The first-order chi connectivity index (χ1) is 9.15. The Morgan fingerprint density at radius 1 is 1.32 bits per heavy atom. The second-order valence-electron chi connectivity index (χ2n) is 5.80. The summed E-state index contributed by atoms with van der Waals surface area (Å²) in [5.74, 6) is 0. The van der Waals surface area contributed by atoms with Crippen LogP contribution >= 0.6 is 15.9 Å². The van der Waals surface area contributed by atoms with E-state index in [0.717, 1.165) is 13.0 Å². The third kappa shape index (κ3) is 4.92. The Kier molecular flexibility index (Phi) is 5.90. The third-order valence-corrected chi connectivity index (χ3v) is 4.80. The highest BCUT2D eigenvalue weighted by atomic mass is 79.9. The van der Waals surface area contributed by atoms with Crippen molar-refractivity contribution in [1.29, 1.82) is 0 Å².